The van der Waals surface area contributed by atoms with Gasteiger partial charge in [-0.1, -0.05) is 37.9 Å². The fourth-order valence-corrected chi connectivity index (χ4v) is 2.22. The molecule has 1 N–H and O–H groups in total. The molecule has 0 saturated heterocycles. The SMILES string of the molecule is CCc1cccc(C)c1N(S)C(=O)NC1CC1. The Hall–Kier alpha value is -1.16. The van der Waals surface area contributed by atoms with Crippen LogP contribution in [-0.2, 0) is 6.42 Å². The first-order valence-corrected chi connectivity index (χ1v) is 6.41. The molecule has 3 nitrogen and oxygen atoms in total. The first-order valence-electron chi connectivity index (χ1n) is 6.01. The second-order valence-electron chi connectivity index (χ2n) is 4.47. The molecule has 0 radical (unpaired) electrons. The van der Waals surface area contributed by atoms with Gasteiger partial charge in [0.2, 0.25) is 0 Å². The maximum absolute atomic E-state index is 12.0. The van der Waals surface area contributed by atoms with E-state index in [0.29, 0.717) is 6.04 Å². The third-order valence-electron chi connectivity index (χ3n) is 3.01. The molecule has 17 heavy (non-hydrogen) atoms. The second-order valence-corrected chi connectivity index (χ2v) is 4.87. The number of hydrogen-bond donors (Lipinski definition) is 2. The van der Waals surface area contributed by atoms with E-state index in [0.717, 1.165) is 36.1 Å². The fourth-order valence-electron chi connectivity index (χ4n) is 1.87. The van der Waals surface area contributed by atoms with Crippen molar-refractivity contribution in [3.63, 3.8) is 0 Å². The number of benzene rings is 1. The van der Waals surface area contributed by atoms with Gasteiger partial charge in [-0.2, -0.15) is 0 Å². The minimum atomic E-state index is -0.125. The Morgan fingerprint density at radius 2 is 2.24 bits per heavy atom. The first kappa shape index (κ1) is 12.3. The van der Waals surface area contributed by atoms with Crippen molar-refractivity contribution in [2.24, 2.45) is 0 Å². The van der Waals surface area contributed by atoms with Gasteiger partial charge in [-0.05, 0) is 37.3 Å². The lowest BCUT2D eigenvalue weighted by Crippen LogP contribution is -2.36. The minimum absolute atomic E-state index is 0.125. The maximum atomic E-state index is 12.0. The van der Waals surface area contributed by atoms with Gasteiger partial charge in [-0.3, -0.25) is 0 Å². The van der Waals surface area contributed by atoms with Crippen LogP contribution in [0.4, 0.5) is 10.5 Å². The van der Waals surface area contributed by atoms with Crippen molar-refractivity contribution >= 4 is 24.5 Å². The quantitative estimate of drug-likeness (QED) is 0.794. The van der Waals surface area contributed by atoms with Crippen LogP contribution in [-0.4, -0.2) is 12.1 Å². The summed E-state index contributed by atoms with van der Waals surface area (Å²) in [5, 5.41) is 2.94. The zero-order valence-corrected chi connectivity index (χ0v) is 11.1. The van der Waals surface area contributed by atoms with E-state index in [-0.39, 0.29) is 6.03 Å². The monoisotopic (exact) mass is 250 g/mol. The van der Waals surface area contributed by atoms with Crippen molar-refractivity contribution in [1.29, 1.82) is 0 Å². The molecule has 1 aliphatic carbocycles. The van der Waals surface area contributed by atoms with E-state index in [2.05, 4.69) is 25.1 Å². The summed E-state index contributed by atoms with van der Waals surface area (Å²) in [5.74, 6) is 0. The van der Waals surface area contributed by atoms with E-state index in [4.69, 9.17) is 0 Å². The fraction of sp³-hybridized carbons (Fsp3) is 0.462. The van der Waals surface area contributed by atoms with Gasteiger partial charge in [0.1, 0.15) is 0 Å². The number of anilines is 1. The molecule has 92 valence electrons. The average molecular weight is 250 g/mol. The van der Waals surface area contributed by atoms with E-state index >= 15 is 0 Å². The lowest BCUT2D eigenvalue weighted by atomic mass is 10.1. The molecule has 2 rings (SSSR count). The molecule has 0 bridgehead atoms. The predicted molar refractivity (Wildman–Crippen MR) is 73.6 cm³/mol. The van der Waals surface area contributed by atoms with Crippen molar-refractivity contribution in [3.05, 3.63) is 29.3 Å². The Balaban J connectivity index is 2.21. The Bertz CT molecular complexity index is 429. The van der Waals surface area contributed by atoms with Gasteiger partial charge in [0.15, 0.2) is 0 Å². The smallest absolute Gasteiger partial charge is 0.332 e. The molecule has 1 aromatic carbocycles. The number of urea groups is 1. The number of para-hydroxylation sites is 1. The summed E-state index contributed by atoms with van der Waals surface area (Å²) < 4.78 is 1.44. The lowest BCUT2D eigenvalue weighted by Gasteiger charge is -2.21. The molecule has 0 aliphatic heterocycles. The van der Waals surface area contributed by atoms with Crippen molar-refractivity contribution in [3.8, 4) is 0 Å². The van der Waals surface area contributed by atoms with Crippen LogP contribution in [0.5, 0.6) is 0 Å². The lowest BCUT2D eigenvalue weighted by molar-refractivity contribution is 0.249. The topological polar surface area (TPSA) is 32.3 Å². The van der Waals surface area contributed by atoms with Crippen LogP contribution < -0.4 is 9.62 Å². The molecular weight excluding hydrogens is 232 g/mol. The van der Waals surface area contributed by atoms with Crippen molar-refractivity contribution < 1.29 is 4.79 Å². The minimum Gasteiger partial charge on any atom is -0.334 e. The highest BCUT2D eigenvalue weighted by Crippen LogP contribution is 2.28. The number of nitrogens with one attached hydrogen (secondary N) is 1. The molecule has 0 unspecified atom stereocenters. The van der Waals surface area contributed by atoms with Gasteiger partial charge in [0.25, 0.3) is 0 Å². The highest BCUT2D eigenvalue weighted by atomic mass is 32.1. The molecular formula is C13H18N2OS. The number of thiol groups is 1. The van der Waals surface area contributed by atoms with Gasteiger partial charge in [0, 0.05) is 6.04 Å². The molecule has 0 atom stereocenters. The van der Waals surface area contributed by atoms with Crippen molar-refractivity contribution in [2.45, 2.75) is 39.2 Å². The van der Waals surface area contributed by atoms with E-state index in [1.807, 2.05) is 25.1 Å². The van der Waals surface area contributed by atoms with Crippen LogP contribution in [0.3, 0.4) is 0 Å². The highest BCUT2D eigenvalue weighted by Gasteiger charge is 2.26. The van der Waals surface area contributed by atoms with Crippen LogP contribution in [0.2, 0.25) is 0 Å². The molecule has 1 saturated carbocycles. The maximum Gasteiger partial charge on any atom is 0.332 e. The Morgan fingerprint density at radius 1 is 1.53 bits per heavy atom. The van der Waals surface area contributed by atoms with Crippen LogP contribution in [0.1, 0.15) is 30.9 Å². The van der Waals surface area contributed by atoms with Crippen LogP contribution in [0.25, 0.3) is 0 Å². The molecule has 1 aromatic rings. The Morgan fingerprint density at radius 3 is 2.82 bits per heavy atom. The van der Waals surface area contributed by atoms with Crippen LogP contribution in [0.15, 0.2) is 18.2 Å². The van der Waals surface area contributed by atoms with E-state index in [1.54, 1.807) is 0 Å². The number of carbonyl (C=O) groups excluding carboxylic acids is 1. The van der Waals surface area contributed by atoms with Gasteiger partial charge >= 0.3 is 6.03 Å². The van der Waals surface area contributed by atoms with Gasteiger partial charge < -0.3 is 5.32 Å². The highest BCUT2D eigenvalue weighted by molar-refractivity contribution is 7.82. The molecule has 4 heteroatoms. The number of amides is 2. The Labute approximate surface area is 108 Å². The first-order chi connectivity index (χ1) is 8.13. The third kappa shape index (κ3) is 2.75. The largest absolute Gasteiger partial charge is 0.334 e. The number of rotatable bonds is 3. The van der Waals surface area contributed by atoms with E-state index in [9.17, 15) is 4.79 Å². The number of carbonyl (C=O) groups is 1. The zero-order valence-electron chi connectivity index (χ0n) is 10.2. The summed E-state index contributed by atoms with van der Waals surface area (Å²) in [4.78, 5) is 12.0. The number of nitrogens with zero attached hydrogens (tertiary/aromatic N) is 1. The van der Waals surface area contributed by atoms with Gasteiger partial charge in [-0.25, -0.2) is 9.10 Å². The van der Waals surface area contributed by atoms with Crippen molar-refractivity contribution in [2.75, 3.05) is 4.31 Å². The average Bonchev–Trinajstić information content (AvgIpc) is 3.11. The summed E-state index contributed by atoms with van der Waals surface area (Å²) in [5.41, 5.74) is 3.13. The van der Waals surface area contributed by atoms with Crippen LogP contribution >= 0.6 is 12.8 Å². The molecule has 0 spiro atoms. The second kappa shape index (κ2) is 5.00. The van der Waals surface area contributed by atoms with E-state index in [1.165, 1.54) is 4.31 Å². The molecule has 1 aliphatic rings. The third-order valence-corrected chi connectivity index (χ3v) is 3.39. The predicted octanol–water partition coefficient (Wildman–Crippen LogP) is 3.08. The summed E-state index contributed by atoms with van der Waals surface area (Å²) in [6.07, 6.45) is 3.06. The molecule has 0 aromatic heterocycles. The van der Waals surface area contributed by atoms with Gasteiger partial charge in [0.05, 0.1) is 5.69 Å². The summed E-state index contributed by atoms with van der Waals surface area (Å²) in [6, 6.07) is 6.28. The molecule has 0 heterocycles. The Kier molecular flexibility index (Phi) is 3.62. The summed E-state index contributed by atoms with van der Waals surface area (Å²) in [7, 11) is 0. The number of aryl methyl sites for hydroxylation is 2. The van der Waals surface area contributed by atoms with Crippen LogP contribution in [0, 0.1) is 6.92 Å². The molecule has 1 fully saturated rings. The van der Waals surface area contributed by atoms with Crippen molar-refractivity contribution in [1.82, 2.24) is 5.32 Å². The normalized spacial score (nSPS) is 14.5. The standard InChI is InChI=1S/C13H18N2OS/c1-3-10-6-4-5-9(2)12(10)15(17)13(16)14-11-7-8-11/h4-6,11,17H,3,7-8H2,1-2H3,(H,14,16). The zero-order chi connectivity index (χ0) is 12.4. The summed E-state index contributed by atoms with van der Waals surface area (Å²) in [6.45, 7) is 4.08. The summed E-state index contributed by atoms with van der Waals surface area (Å²) >= 11 is 4.33. The number of hydrogen-bond acceptors (Lipinski definition) is 2. The van der Waals surface area contributed by atoms with Gasteiger partial charge in [-0.15, -0.1) is 0 Å². The van der Waals surface area contributed by atoms with E-state index < -0.39 is 0 Å². The molecule has 2 amide bonds.